The van der Waals surface area contributed by atoms with Crippen molar-refractivity contribution in [3.8, 4) is 5.75 Å². The van der Waals surface area contributed by atoms with Crippen molar-refractivity contribution in [3.63, 3.8) is 0 Å². The van der Waals surface area contributed by atoms with Crippen LogP contribution in [0.3, 0.4) is 0 Å². The molecule has 1 saturated carbocycles. The van der Waals surface area contributed by atoms with E-state index in [0.29, 0.717) is 18.6 Å². The van der Waals surface area contributed by atoms with Crippen molar-refractivity contribution < 1.29 is 14.6 Å². The van der Waals surface area contributed by atoms with Crippen LogP contribution in [0.1, 0.15) is 30.4 Å². The summed E-state index contributed by atoms with van der Waals surface area (Å²) < 4.78 is 5.36. The van der Waals surface area contributed by atoms with Gasteiger partial charge >= 0.3 is 5.97 Å². The van der Waals surface area contributed by atoms with Gasteiger partial charge in [0.25, 0.3) is 0 Å². The molecule has 1 fully saturated rings. The first-order valence-corrected chi connectivity index (χ1v) is 6.55. The lowest BCUT2D eigenvalue weighted by Crippen LogP contribution is -2.42. The molecule has 0 aliphatic heterocycles. The molecule has 0 unspecified atom stereocenters. The van der Waals surface area contributed by atoms with Crippen molar-refractivity contribution >= 4 is 5.97 Å². The molecule has 1 aliphatic carbocycles. The Morgan fingerprint density at radius 1 is 1.42 bits per heavy atom. The number of carbonyl (C=O) groups is 1. The molecule has 19 heavy (non-hydrogen) atoms. The highest BCUT2D eigenvalue weighted by molar-refractivity contribution is 5.83. The maximum absolute atomic E-state index is 11.6. The molecule has 0 heterocycles. The van der Waals surface area contributed by atoms with E-state index < -0.39 is 11.4 Å². The summed E-state index contributed by atoms with van der Waals surface area (Å²) in [5.74, 6) is -0.0522. The Hall–Kier alpha value is -1.55. The van der Waals surface area contributed by atoms with Gasteiger partial charge < -0.3 is 14.7 Å². The van der Waals surface area contributed by atoms with Gasteiger partial charge in [0.2, 0.25) is 0 Å². The maximum atomic E-state index is 11.6. The minimum Gasteiger partial charge on any atom is -0.496 e. The van der Waals surface area contributed by atoms with Gasteiger partial charge in [0.1, 0.15) is 5.75 Å². The van der Waals surface area contributed by atoms with E-state index in [1.807, 2.05) is 32.3 Å². The molecule has 0 amide bonds. The Labute approximate surface area is 114 Å². The molecule has 0 spiro atoms. The van der Waals surface area contributed by atoms with Gasteiger partial charge in [-0.25, -0.2) is 0 Å². The molecular weight excluding hydrogens is 242 g/mol. The Kier molecular flexibility index (Phi) is 3.80. The summed E-state index contributed by atoms with van der Waals surface area (Å²) in [7, 11) is 5.60. The monoisotopic (exact) mass is 263 g/mol. The van der Waals surface area contributed by atoms with Crippen LogP contribution in [0, 0.1) is 0 Å². The fraction of sp³-hybridized carbons (Fsp3) is 0.533. The molecule has 1 aliphatic rings. The van der Waals surface area contributed by atoms with Crippen LogP contribution in [0.25, 0.3) is 0 Å². The van der Waals surface area contributed by atoms with Crippen molar-refractivity contribution in [1.82, 2.24) is 4.90 Å². The van der Waals surface area contributed by atoms with Crippen molar-refractivity contribution in [1.29, 1.82) is 0 Å². The number of rotatable bonds is 5. The zero-order chi connectivity index (χ0) is 14.0. The number of nitrogens with zero attached hydrogens (tertiary/aromatic N) is 1. The van der Waals surface area contributed by atoms with Gasteiger partial charge in [0, 0.05) is 12.1 Å². The smallest absolute Gasteiger partial charge is 0.314 e. The van der Waals surface area contributed by atoms with Crippen molar-refractivity contribution in [3.05, 3.63) is 29.3 Å². The van der Waals surface area contributed by atoms with Gasteiger partial charge in [-0.2, -0.15) is 0 Å². The lowest BCUT2D eigenvalue weighted by molar-refractivity contribution is -0.147. The summed E-state index contributed by atoms with van der Waals surface area (Å²) in [4.78, 5) is 13.7. The predicted molar refractivity (Wildman–Crippen MR) is 73.5 cm³/mol. The van der Waals surface area contributed by atoms with Gasteiger partial charge in [-0.05, 0) is 44.6 Å². The fourth-order valence-electron chi connectivity index (χ4n) is 2.72. The molecule has 1 aromatic rings. The summed E-state index contributed by atoms with van der Waals surface area (Å²) in [6.45, 7) is 0.798. The minimum absolute atomic E-state index is 0.685. The zero-order valence-electron chi connectivity index (χ0n) is 11.8. The van der Waals surface area contributed by atoms with Crippen LogP contribution in [-0.2, 0) is 16.8 Å². The first-order chi connectivity index (χ1) is 8.99. The molecular formula is C15H21NO3. The summed E-state index contributed by atoms with van der Waals surface area (Å²) >= 11 is 0. The van der Waals surface area contributed by atoms with Crippen molar-refractivity contribution in [2.45, 2.75) is 31.2 Å². The number of methoxy groups -OCH3 is 1. The molecule has 2 rings (SSSR count). The third kappa shape index (κ3) is 2.45. The van der Waals surface area contributed by atoms with Crippen LogP contribution in [0.15, 0.2) is 18.2 Å². The third-order valence-corrected chi connectivity index (χ3v) is 3.89. The second-order valence-electron chi connectivity index (χ2n) is 5.51. The molecule has 104 valence electrons. The highest BCUT2D eigenvalue weighted by atomic mass is 16.5. The molecule has 0 atom stereocenters. The minimum atomic E-state index is -0.742. The molecule has 4 heteroatoms. The number of hydrogen-bond acceptors (Lipinski definition) is 3. The number of carboxylic acids is 1. The third-order valence-electron chi connectivity index (χ3n) is 3.89. The Morgan fingerprint density at radius 3 is 2.53 bits per heavy atom. The summed E-state index contributed by atoms with van der Waals surface area (Å²) in [5, 5.41) is 9.56. The molecule has 0 aromatic heterocycles. The van der Waals surface area contributed by atoms with Crippen LogP contribution in [-0.4, -0.2) is 37.2 Å². The number of aliphatic carboxylic acids is 1. The number of hydrogen-bond donors (Lipinski definition) is 1. The summed E-state index contributed by atoms with van der Waals surface area (Å²) in [6, 6.07) is 5.87. The van der Waals surface area contributed by atoms with Crippen LogP contribution in [0.4, 0.5) is 0 Å². The van der Waals surface area contributed by atoms with Crippen molar-refractivity contribution in [2.24, 2.45) is 0 Å². The molecule has 0 bridgehead atoms. The van der Waals surface area contributed by atoms with Gasteiger partial charge in [-0.1, -0.05) is 12.5 Å². The van der Waals surface area contributed by atoms with Gasteiger partial charge in [-0.15, -0.1) is 0 Å². The molecule has 1 N–H and O–H groups in total. The van der Waals surface area contributed by atoms with Crippen LogP contribution in [0.2, 0.25) is 0 Å². The van der Waals surface area contributed by atoms with E-state index in [1.54, 1.807) is 7.11 Å². The van der Waals surface area contributed by atoms with Crippen LogP contribution in [0.5, 0.6) is 5.75 Å². The lowest BCUT2D eigenvalue weighted by Gasteiger charge is -2.39. The van der Waals surface area contributed by atoms with Crippen LogP contribution < -0.4 is 4.74 Å². The van der Waals surface area contributed by atoms with E-state index in [4.69, 9.17) is 4.74 Å². The van der Waals surface area contributed by atoms with E-state index in [0.717, 1.165) is 24.1 Å². The normalized spacial score (nSPS) is 17.1. The molecule has 0 saturated heterocycles. The average Bonchev–Trinajstić information content (AvgIpc) is 2.26. The molecule has 0 radical (unpaired) electrons. The Morgan fingerprint density at radius 2 is 2.11 bits per heavy atom. The largest absolute Gasteiger partial charge is 0.496 e. The second-order valence-corrected chi connectivity index (χ2v) is 5.51. The topological polar surface area (TPSA) is 49.8 Å². The van der Waals surface area contributed by atoms with E-state index in [-0.39, 0.29) is 0 Å². The Bertz CT molecular complexity index is 478. The van der Waals surface area contributed by atoms with E-state index in [1.165, 1.54) is 0 Å². The van der Waals surface area contributed by atoms with Crippen molar-refractivity contribution in [2.75, 3.05) is 21.2 Å². The lowest BCUT2D eigenvalue weighted by atomic mass is 9.64. The van der Waals surface area contributed by atoms with Gasteiger partial charge in [0.05, 0.1) is 12.5 Å². The maximum Gasteiger partial charge on any atom is 0.314 e. The van der Waals surface area contributed by atoms with E-state index in [2.05, 4.69) is 4.90 Å². The van der Waals surface area contributed by atoms with Gasteiger partial charge in [-0.3, -0.25) is 4.79 Å². The Balaban J connectivity index is 2.44. The van der Waals surface area contributed by atoms with Crippen LogP contribution >= 0.6 is 0 Å². The second kappa shape index (κ2) is 5.21. The highest BCUT2D eigenvalue weighted by Crippen LogP contribution is 2.47. The fourth-order valence-corrected chi connectivity index (χ4v) is 2.72. The first kappa shape index (κ1) is 13.9. The number of benzene rings is 1. The number of ether oxygens (including phenoxy) is 1. The first-order valence-electron chi connectivity index (χ1n) is 6.55. The number of carboxylic acid groups (broad SMARTS) is 1. The average molecular weight is 263 g/mol. The summed E-state index contributed by atoms with van der Waals surface area (Å²) in [5.41, 5.74) is 1.20. The SMILES string of the molecule is COc1ccc(CN(C)C)cc1C1(C(=O)O)CCC1. The molecule has 1 aromatic carbocycles. The van der Waals surface area contributed by atoms with E-state index in [9.17, 15) is 9.90 Å². The van der Waals surface area contributed by atoms with E-state index >= 15 is 0 Å². The standard InChI is InChI=1S/C15H21NO3/c1-16(2)10-11-5-6-13(19-3)12(9-11)15(14(17)18)7-4-8-15/h5-6,9H,4,7-8,10H2,1-3H3,(H,17,18). The quantitative estimate of drug-likeness (QED) is 0.885. The highest BCUT2D eigenvalue weighted by Gasteiger charge is 2.47. The molecule has 4 nitrogen and oxygen atoms in total. The zero-order valence-corrected chi connectivity index (χ0v) is 11.8. The van der Waals surface area contributed by atoms with Gasteiger partial charge in [0.15, 0.2) is 0 Å². The predicted octanol–water partition coefficient (Wildman–Crippen LogP) is 2.26. The summed E-state index contributed by atoms with van der Waals surface area (Å²) in [6.07, 6.45) is 2.36.